The Hall–Kier alpha value is -3.18. The first kappa shape index (κ1) is 15.4. The van der Waals surface area contributed by atoms with Crippen LogP contribution in [-0.4, -0.2) is 21.6 Å². The Kier molecular flexibility index (Phi) is 3.91. The van der Waals surface area contributed by atoms with Crippen molar-refractivity contribution in [3.63, 3.8) is 0 Å². The van der Waals surface area contributed by atoms with Crippen LogP contribution in [0.2, 0.25) is 0 Å². The maximum absolute atomic E-state index is 4.66. The lowest BCUT2D eigenvalue weighted by molar-refractivity contribution is 0.941. The molecular formula is C20H19N5. The molecule has 0 spiro atoms. The van der Waals surface area contributed by atoms with Crippen LogP contribution in [0.1, 0.15) is 5.56 Å². The number of aromatic nitrogens is 3. The summed E-state index contributed by atoms with van der Waals surface area (Å²) in [4.78, 5) is 4.66. The van der Waals surface area contributed by atoms with Gasteiger partial charge in [0.2, 0.25) is 0 Å². The molecule has 124 valence electrons. The zero-order chi connectivity index (χ0) is 17.2. The van der Waals surface area contributed by atoms with Crippen LogP contribution < -0.4 is 10.9 Å². The number of hydrogen-bond acceptors (Lipinski definition) is 4. The number of aryl methyl sites for hydroxylation is 1. The first-order chi connectivity index (χ1) is 12.2. The predicted molar refractivity (Wildman–Crippen MR) is 101 cm³/mol. The SMILES string of the molecule is CNNc1cccc(-c2cnn3cc(-c4ccc(C)cc4)cnc23)c1. The van der Waals surface area contributed by atoms with E-state index in [1.165, 1.54) is 5.56 Å². The highest BCUT2D eigenvalue weighted by Crippen LogP contribution is 2.27. The Bertz CT molecular complexity index is 1020. The van der Waals surface area contributed by atoms with Crippen molar-refractivity contribution in [2.45, 2.75) is 6.92 Å². The number of fused-ring (bicyclic) bond motifs is 1. The van der Waals surface area contributed by atoms with Crippen LogP contribution >= 0.6 is 0 Å². The highest BCUT2D eigenvalue weighted by Gasteiger charge is 2.10. The normalized spacial score (nSPS) is 11.0. The molecule has 2 heterocycles. The van der Waals surface area contributed by atoms with Crippen LogP contribution in [-0.2, 0) is 0 Å². The van der Waals surface area contributed by atoms with E-state index in [2.05, 4.69) is 64.3 Å². The van der Waals surface area contributed by atoms with Gasteiger partial charge in [0, 0.05) is 36.3 Å². The van der Waals surface area contributed by atoms with Crippen LogP contribution in [0.15, 0.2) is 67.1 Å². The smallest absolute Gasteiger partial charge is 0.162 e. The molecule has 2 N–H and O–H groups in total. The van der Waals surface area contributed by atoms with E-state index in [1.807, 2.05) is 42.3 Å². The zero-order valence-corrected chi connectivity index (χ0v) is 14.2. The molecule has 0 radical (unpaired) electrons. The molecule has 25 heavy (non-hydrogen) atoms. The molecule has 0 aliphatic heterocycles. The molecule has 0 aliphatic rings. The van der Waals surface area contributed by atoms with E-state index >= 15 is 0 Å². The minimum atomic E-state index is 0.845. The predicted octanol–water partition coefficient (Wildman–Crippen LogP) is 3.92. The fourth-order valence-electron chi connectivity index (χ4n) is 2.88. The summed E-state index contributed by atoms with van der Waals surface area (Å²) < 4.78 is 1.84. The maximum Gasteiger partial charge on any atom is 0.162 e. The van der Waals surface area contributed by atoms with Crippen molar-refractivity contribution in [3.8, 4) is 22.3 Å². The largest absolute Gasteiger partial charge is 0.322 e. The molecule has 0 saturated carbocycles. The number of anilines is 1. The van der Waals surface area contributed by atoms with Gasteiger partial charge in [-0.15, -0.1) is 0 Å². The minimum absolute atomic E-state index is 0.845. The van der Waals surface area contributed by atoms with Crippen molar-refractivity contribution in [2.75, 3.05) is 12.5 Å². The van der Waals surface area contributed by atoms with Gasteiger partial charge in [0.25, 0.3) is 0 Å². The van der Waals surface area contributed by atoms with Gasteiger partial charge < -0.3 is 5.43 Å². The number of nitrogens with one attached hydrogen (secondary N) is 2. The fraction of sp³-hybridized carbons (Fsp3) is 0.100. The Morgan fingerprint density at radius 2 is 1.76 bits per heavy atom. The molecular weight excluding hydrogens is 310 g/mol. The lowest BCUT2D eigenvalue weighted by Gasteiger charge is -2.06. The molecule has 0 aliphatic carbocycles. The summed E-state index contributed by atoms with van der Waals surface area (Å²) in [6.07, 6.45) is 5.78. The Morgan fingerprint density at radius 1 is 0.920 bits per heavy atom. The standard InChI is InChI=1S/C20H19N5/c1-14-6-8-15(9-7-14)17-11-22-20-19(12-23-25(20)13-17)16-4-3-5-18(10-16)24-21-2/h3-13,21,24H,1-2H3. The number of hydrogen-bond donors (Lipinski definition) is 2. The summed E-state index contributed by atoms with van der Waals surface area (Å²) in [5.41, 5.74) is 13.4. The summed E-state index contributed by atoms with van der Waals surface area (Å²) in [6.45, 7) is 2.09. The van der Waals surface area contributed by atoms with Crippen molar-refractivity contribution in [3.05, 3.63) is 72.7 Å². The molecule has 0 unspecified atom stereocenters. The third-order valence-corrected chi connectivity index (χ3v) is 4.18. The molecule has 4 rings (SSSR count). The Balaban J connectivity index is 1.75. The summed E-state index contributed by atoms with van der Waals surface area (Å²) in [5.74, 6) is 0. The molecule has 0 amide bonds. The molecule has 2 aromatic heterocycles. The monoisotopic (exact) mass is 329 g/mol. The quantitative estimate of drug-likeness (QED) is 0.557. The molecule has 2 aromatic carbocycles. The van der Waals surface area contributed by atoms with E-state index in [-0.39, 0.29) is 0 Å². The summed E-state index contributed by atoms with van der Waals surface area (Å²) in [7, 11) is 1.84. The van der Waals surface area contributed by atoms with Crippen LogP contribution in [0.25, 0.3) is 27.9 Å². The number of benzene rings is 2. The van der Waals surface area contributed by atoms with Crippen molar-refractivity contribution in [1.82, 2.24) is 20.0 Å². The van der Waals surface area contributed by atoms with Gasteiger partial charge in [-0.25, -0.2) is 14.9 Å². The highest BCUT2D eigenvalue weighted by molar-refractivity contribution is 5.79. The van der Waals surface area contributed by atoms with E-state index < -0.39 is 0 Å². The van der Waals surface area contributed by atoms with Crippen LogP contribution in [0.3, 0.4) is 0 Å². The highest BCUT2D eigenvalue weighted by atomic mass is 15.3. The number of rotatable bonds is 4. The molecule has 5 nitrogen and oxygen atoms in total. The average molecular weight is 329 g/mol. The second kappa shape index (κ2) is 6.37. The Morgan fingerprint density at radius 3 is 2.56 bits per heavy atom. The number of nitrogens with zero attached hydrogens (tertiary/aromatic N) is 3. The van der Waals surface area contributed by atoms with Gasteiger partial charge in [-0.1, -0.05) is 42.0 Å². The molecule has 5 heteroatoms. The lowest BCUT2D eigenvalue weighted by Crippen LogP contribution is -2.14. The van der Waals surface area contributed by atoms with Crippen molar-refractivity contribution >= 4 is 11.3 Å². The van der Waals surface area contributed by atoms with E-state index in [4.69, 9.17) is 0 Å². The van der Waals surface area contributed by atoms with Gasteiger partial charge in [0.05, 0.1) is 6.20 Å². The first-order valence-corrected chi connectivity index (χ1v) is 8.18. The van der Waals surface area contributed by atoms with E-state index in [1.54, 1.807) is 0 Å². The van der Waals surface area contributed by atoms with Gasteiger partial charge in [0.15, 0.2) is 5.65 Å². The number of hydrazine groups is 1. The average Bonchev–Trinajstić information content (AvgIpc) is 3.06. The summed E-state index contributed by atoms with van der Waals surface area (Å²) >= 11 is 0. The van der Waals surface area contributed by atoms with Gasteiger partial charge in [-0.3, -0.25) is 0 Å². The third-order valence-electron chi connectivity index (χ3n) is 4.18. The van der Waals surface area contributed by atoms with Crippen molar-refractivity contribution in [2.24, 2.45) is 0 Å². The molecule has 0 atom stereocenters. The third kappa shape index (κ3) is 2.97. The zero-order valence-electron chi connectivity index (χ0n) is 14.2. The van der Waals surface area contributed by atoms with Gasteiger partial charge in [-0.2, -0.15) is 5.10 Å². The minimum Gasteiger partial charge on any atom is -0.322 e. The second-order valence-electron chi connectivity index (χ2n) is 5.99. The van der Waals surface area contributed by atoms with Gasteiger partial charge >= 0.3 is 0 Å². The van der Waals surface area contributed by atoms with Crippen LogP contribution in [0.5, 0.6) is 0 Å². The van der Waals surface area contributed by atoms with Crippen LogP contribution in [0.4, 0.5) is 5.69 Å². The van der Waals surface area contributed by atoms with E-state index in [0.717, 1.165) is 33.6 Å². The molecule has 0 saturated heterocycles. The van der Waals surface area contributed by atoms with Gasteiger partial charge in [0.1, 0.15) is 0 Å². The van der Waals surface area contributed by atoms with Crippen molar-refractivity contribution in [1.29, 1.82) is 0 Å². The topological polar surface area (TPSA) is 54.2 Å². The molecule has 0 bridgehead atoms. The Labute approximate surface area is 146 Å². The van der Waals surface area contributed by atoms with Crippen molar-refractivity contribution < 1.29 is 0 Å². The summed E-state index contributed by atoms with van der Waals surface area (Å²) in [5, 5.41) is 4.49. The summed E-state index contributed by atoms with van der Waals surface area (Å²) in [6, 6.07) is 16.6. The maximum atomic E-state index is 4.66. The molecule has 0 fully saturated rings. The van der Waals surface area contributed by atoms with E-state index in [0.29, 0.717) is 0 Å². The second-order valence-corrected chi connectivity index (χ2v) is 5.99. The first-order valence-electron chi connectivity index (χ1n) is 8.18. The fourth-order valence-corrected chi connectivity index (χ4v) is 2.88. The van der Waals surface area contributed by atoms with E-state index in [9.17, 15) is 0 Å². The van der Waals surface area contributed by atoms with Crippen LogP contribution in [0, 0.1) is 6.92 Å². The molecule has 4 aromatic rings. The lowest BCUT2D eigenvalue weighted by atomic mass is 10.1. The van der Waals surface area contributed by atoms with Gasteiger partial charge in [-0.05, 0) is 30.2 Å².